The van der Waals surface area contributed by atoms with Crippen LogP contribution in [0.3, 0.4) is 0 Å². The number of hydrogen-bond acceptors (Lipinski definition) is 4. The van der Waals surface area contributed by atoms with E-state index in [2.05, 4.69) is 23.6 Å². The number of nitrogens with zero attached hydrogens (tertiary/aromatic N) is 2. The predicted octanol–water partition coefficient (Wildman–Crippen LogP) is 3.46. The Labute approximate surface area is 152 Å². The third kappa shape index (κ3) is 4.42. The summed E-state index contributed by atoms with van der Waals surface area (Å²) in [4.78, 5) is 18.1. The van der Waals surface area contributed by atoms with Crippen LogP contribution in [0, 0.1) is 5.92 Å². The van der Waals surface area contributed by atoms with Crippen molar-refractivity contribution in [2.45, 2.75) is 51.6 Å². The first-order chi connectivity index (χ1) is 12.1. The van der Waals surface area contributed by atoms with Crippen LogP contribution in [0.4, 0.5) is 0 Å². The average molecular weight is 344 g/mol. The third-order valence-electron chi connectivity index (χ3n) is 5.92. The van der Waals surface area contributed by atoms with Crippen LogP contribution in [0.2, 0.25) is 0 Å². The number of methoxy groups -OCH3 is 1. The zero-order valence-corrected chi connectivity index (χ0v) is 15.9. The first-order valence-corrected chi connectivity index (χ1v) is 9.75. The van der Waals surface area contributed by atoms with Gasteiger partial charge < -0.3 is 9.64 Å². The highest BCUT2D eigenvalue weighted by Crippen LogP contribution is 2.27. The first kappa shape index (κ1) is 18.4. The van der Waals surface area contributed by atoms with Gasteiger partial charge in [-0.25, -0.2) is 0 Å². The summed E-state index contributed by atoms with van der Waals surface area (Å²) in [5, 5.41) is 0. The van der Waals surface area contributed by atoms with Gasteiger partial charge >= 0.3 is 0 Å². The summed E-state index contributed by atoms with van der Waals surface area (Å²) in [6.45, 7) is 9.01. The van der Waals surface area contributed by atoms with Crippen molar-refractivity contribution < 1.29 is 9.53 Å². The summed E-state index contributed by atoms with van der Waals surface area (Å²) in [5.41, 5.74) is 0.792. The Balaban J connectivity index is 1.60. The summed E-state index contributed by atoms with van der Waals surface area (Å²) in [6.07, 6.45) is 4.61. The fraction of sp³-hybridized carbons (Fsp3) is 0.667. The van der Waals surface area contributed by atoms with Crippen molar-refractivity contribution in [2.24, 2.45) is 5.92 Å². The van der Waals surface area contributed by atoms with E-state index < -0.39 is 0 Å². The van der Waals surface area contributed by atoms with Crippen LogP contribution in [0.1, 0.15) is 49.9 Å². The van der Waals surface area contributed by atoms with E-state index in [0.29, 0.717) is 12.1 Å². The summed E-state index contributed by atoms with van der Waals surface area (Å²) in [5.74, 6) is 1.17. The van der Waals surface area contributed by atoms with E-state index >= 15 is 0 Å². The molecule has 0 radical (unpaired) electrons. The van der Waals surface area contributed by atoms with Crippen molar-refractivity contribution in [2.75, 3.05) is 33.3 Å². The van der Waals surface area contributed by atoms with E-state index in [4.69, 9.17) is 4.74 Å². The number of ketones is 1. The number of rotatable bonds is 5. The minimum atomic E-state index is 0.129. The number of likely N-dealkylation sites (tertiary alicyclic amines) is 2. The highest BCUT2D eigenvalue weighted by molar-refractivity contribution is 5.98. The molecule has 0 saturated carbocycles. The minimum absolute atomic E-state index is 0.129. The van der Waals surface area contributed by atoms with Gasteiger partial charge in [-0.1, -0.05) is 12.1 Å². The van der Waals surface area contributed by atoms with Crippen molar-refractivity contribution in [3.8, 4) is 5.75 Å². The Kier molecular flexibility index (Phi) is 6.13. The molecule has 2 aliphatic heterocycles. The summed E-state index contributed by atoms with van der Waals surface area (Å²) in [6, 6.07) is 8.90. The lowest BCUT2D eigenvalue weighted by atomic mass is 9.88. The number of benzene rings is 1. The Bertz CT molecular complexity index is 579. The number of piperidine rings is 2. The van der Waals surface area contributed by atoms with Gasteiger partial charge in [-0.15, -0.1) is 0 Å². The van der Waals surface area contributed by atoms with E-state index in [0.717, 1.165) is 37.2 Å². The lowest BCUT2D eigenvalue weighted by Crippen LogP contribution is -2.50. The molecule has 0 spiro atoms. The summed E-state index contributed by atoms with van der Waals surface area (Å²) >= 11 is 0. The second kappa shape index (κ2) is 8.33. The maximum atomic E-state index is 12.9. The third-order valence-corrected chi connectivity index (χ3v) is 5.92. The number of Topliss-reactive ketones (excluding diaryl/α,β-unsaturated/α-hetero) is 1. The molecule has 4 nitrogen and oxygen atoms in total. The molecule has 1 aromatic carbocycles. The molecule has 4 heteroatoms. The highest BCUT2D eigenvalue weighted by atomic mass is 16.5. The molecular formula is C21H32N2O2. The first-order valence-electron chi connectivity index (χ1n) is 9.75. The SMILES string of the molecule is COc1cccc(C(=O)C2CCCN(C3CCN(C(C)C)CC3)C2)c1. The number of hydrogen-bond donors (Lipinski definition) is 0. The van der Waals surface area contributed by atoms with E-state index in [9.17, 15) is 4.79 Å². The van der Waals surface area contributed by atoms with Crippen LogP contribution < -0.4 is 4.74 Å². The fourth-order valence-electron chi connectivity index (χ4n) is 4.33. The van der Waals surface area contributed by atoms with Crippen LogP contribution in [-0.4, -0.2) is 61.0 Å². The quantitative estimate of drug-likeness (QED) is 0.766. The molecule has 1 atom stereocenters. The number of carbonyl (C=O) groups excluding carboxylic acids is 1. The highest BCUT2D eigenvalue weighted by Gasteiger charge is 2.32. The zero-order chi connectivity index (χ0) is 17.8. The number of ether oxygens (including phenoxy) is 1. The standard InChI is InChI=1S/C21H32N2O2/c1-16(2)22-12-9-19(10-13-22)23-11-5-7-18(15-23)21(24)17-6-4-8-20(14-17)25-3/h4,6,8,14,16,18-19H,5,7,9-13,15H2,1-3H3. The average Bonchev–Trinajstić information content (AvgIpc) is 2.67. The van der Waals surface area contributed by atoms with Gasteiger partial charge in [0.1, 0.15) is 5.75 Å². The minimum Gasteiger partial charge on any atom is -0.497 e. The van der Waals surface area contributed by atoms with E-state index in [1.165, 1.54) is 25.9 Å². The number of carbonyl (C=O) groups is 1. The van der Waals surface area contributed by atoms with Crippen LogP contribution in [0.25, 0.3) is 0 Å². The van der Waals surface area contributed by atoms with Gasteiger partial charge in [0.15, 0.2) is 5.78 Å². The van der Waals surface area contributed by atoms with Crippen LogP contribution in [0.15, 0.2) is 24.3 Å². The molecule has 0 N–H and O–H groups in total. The van der Waals surface area contributed by atoms with Crippen molar-refractivity contribution >= 4 is 5.78 Å². The lowest BCUT2D eigenvalue weighted by Gasteiger charge is -2.43. The van der Waals surface area contributed by atoms with Crippen molar-refractivity contribution in [3.05, 3.63) is 29.8 Å². The summed E-state index contributed by atoms with van der Waals surface area (Å²) in [7, 11) is 1.65. The van der Waals surface area contributed by atoms with Gasteiger partial charge in [0, 0.05) is 30.1 Å². The molecular weight excluding hydrogens is 312 g/mol. The Morgan fingerprint density at radius 2 is 1.92 bits per heavy atom. The maximum Gasteiger partial charge on any atom is 0.167 e. The van der Waals surface area contributed by atoms with Crippen LogP contribution >= 0.6 is 0 Å². The molecule has 1 unspecified atom stereocenters. The van der Waals surface area contributed by atoms with E-state index in [1.54, 1.807) is 7.11 Å². The lowest BCUT2D eigenvalue weighted by molar-refractivity contribution is 0.0544. The maximum absolute atomic E-state index is 12.9. The molecule has 2 fully saturated rings. The molecule has 138 valence electrons. The molecule has 0 bridgehead atoms. The molecule has 25 heavy (non-hydrogen) atoms. The topological polar surface area (TPSA) is 32.8 Å². The van der Waals surface area contributed by atoms with E-state index in [1.807, 2.05) is 24.3 Å². The second-order valence-electron chi connectivity index (χ2n) is 7.79. The largest absolute Gasteiger partial charge is 0.497 e. The smallest absolute Gasteiger partial charge is 0.167 e. The van der Waals surface area contributed by atoms with Crippen molar-refractivity contribution in [3.63, 3.8) is 0 Å². The van der Waals surface area contributed by atoms with Gasteiger partial charge in [-0.2, -0.15) is 0 Å². The molecule has 2 aliphatic rings. The zero-order valence-electron chi connectivity index (χ0n) is 15.9. The Hall–Kier alpha value is -1.39. The van der Waals surface area contributed by atoms with Crippen LogP contribution in [0.5, 0.6) is 5.75 Å². The van der Waals surface area contributed by atoms with Gasteiger partial charge in [-0.05, 0) is 71.3 Å². The molecule has 0 amide bonds. The normalized spacial score (nSPS) is 23.8. The molecule has 2 heterocycles. The Morgan fingerprint density at radius 3 is 2.60 bits per heavy atom. The molecule has 3 rings (SSSR count). The monoisotopic (exact) mass is 344 g/mol. The van der Waals surface area contributed by atoms with Crippen molar-refractivity contribution in [1.29, 1.82) is 0 Å². The molecule has 0 aliphatic carbocycles. The Morgan fingerprint density at radius 1 is 1.16 bits per heavy atom. The predicted molar refractivity (Wildman–Crippen MR) is 101 cm³/mol. The summed E-state index contributed by atoms with van der Waals surface area (Å²) < 4.78 is 5.27. The van der Waals surface area contributed by atoms with Crippen LogP contribution in [-0.2, 0) is 0 Å². The fourth-order valence-corrected chi connectivity index (χ4v) is 4.33. The molecule has 2 saturated heterocycles. The van der Waals surface area contributed by atoms with Gasteiger partial charge in [0.25, 0.3) is 0 Å². The second-order valence-corrected chi connectivity index (χ2v) is 7.79. The molecule has 1 aromatic rings. The van der Waals surface area contributed by atoms with Crippen molar-refractivity contribution in [1.82, 2.24) is 9.80 Å². The van der Waals surface area contributed by atoms with Gasteiger partial charge in [0.2, 0.25) is 0 Å². The van der Waals surface area contributed by atoms with Gasteiger partial charge in [0.05, 0.1) is 7.11 Å². The van der Waals surface area contributed by atoms with E-state index in [-0.39, 0.29) is 11.7 Å². The van der Waals surface area contributed by atoms with Gasteiger partial charge in [-0.3, -0.25) is 9.69 Å². The molecule has 0 aromatic heterocycles.